The largest absolute Gasteiger partial charge is 0.494 e. The second-order valence-corrected chi connectivity index (χ2v) is 5.88. The summed E-state index contributed by atoms with van der Waals surface area (Å²) in [6.45, 7) is 4.40. The molecule has 1 unspecified atom stereocenters. The molecule has 1 atom stereocenters. The Morgan fingerprint density at radius 2 is 1.96 bits per heavy atom. The maximum Gasteiger partial charge on any atom is 0.125 e. The van der Waals surface area contributed by atoms with Gasteiger partial charge in [0.2, 0.25) is 0 Å². The van der Waals surface area contributed by atoms with Crippen molar-refractivity contribution >= 4 is 11.4 Å². The summed E-state index contributed by atoms with van der Waals surface area (Å²) < 4.78 is 19.0. The Labute approximate surface area is 142 Å². The van der Waals surface area contributed by atoms with Crippen LogP contribution in [0.15, 0.2) is 36.4 Å². The molecule has 2 rings (SSSR count). The Hall–Kier alpha value is -2.27. The van der Waals surface area contributed by atoms with Crippen molar-refractivity contribution in [1.29, 1.82) is 0 Å². The lowest BCUT2D eigenvalue weighted by atomic mass is 10.0. The van der Waals surface area contributed by atoms with E-state index in [9.17, 15) is 9.50 Å². The van der Waals surface area contributed by atoms with E-state index in [1.54, 1.807) is 6.07 Å². The number of ether oxygens (including phenoxy) is 1. The highest BCUT2D eigenvalue weighted by molar-refractivity contribution is 5.58. The predicted octanol–water partition coefficient (Wildman–Crippen LogP) is 3.96. The van der Waals surface area contributed by atoms with Gasteiger partial charge in [-0.15, -0.1) is 0 Å². The summed E-state index contributed by atoms with van der Waals surface area (Å²) in [4.78, 5) is 1.90. The van der Waals surface area contributed by atoms with Crippen molar-refractivity contribution in [2.24, 2.45) is 0 Å². The molecule has 24 heavy (non-hydrogen) atoms. The molecule has 2 aromatic carbocycles. The van der Waals surface area contributed by atoms with Gasteiger partial charge in [-0.2, -0.15) is 0 Å². The zero-order valence-electron chi connectivity index (χ0n) is 14.6. The van der Waals surface area contributed by atoms with Crippen molar-refractivity contribution in [3.63, 3.8) is 0 Å². The molecular weight excluding hydrogens is 307 g/mol. The molecule has 5 heteroatoms. The van der Waals surface area contributed by atoms with Crippen LogP contribution >= 0.6 is 0 Å². The van der Waals surface area contributed by atoms with Crippen molar-refractivity contribution in [1.82, 2.24) is 0 Å². The monoisotopic (exact) mass is 332 g/mol. The zero-order chi connectivity index (χ0) is 17.7. The fourth-order valence-electron chi connectivity index (χ4n) is 2.69. The predicted molar refractivity (Wildman–Crippen MR) is 96.3 cm³/mol. The summed E-state index contributed by atoms with van der Waals surface area (Å²) >= 11 is 0. The summed E-state index contributed by atoms with van der Waals surface area (Å²) in [6, 6.07) is 10.4. The van der Waals surface area contributed by atoms with Gasteiger partial charge < -0.3 is 20.1 Å². The van der Waals surface area contributed by atoms with E-state index < -0.39 is 0 Å². The van der Waals surface area contributed by atoms with Crippen LogP contribution in [0.5, 0.6) is 5.75 Å². The SMILES string of the molecule is CCOc1ccc(NC(C)c2ccc(F)cc2N(C)C)cc1CO. The third-order valence-corrected chi connectivity index (χ3v) is 3.85. The molecule has 0 aliphatic carbocycles. The lowest BCUT2D eigenvalue weighted by molar-refractivity contribution is 0.267. The second-order valence-electron chi connectivity index (χ2n) is 5.88. The van der Waals surface area contributed by atoms with Gasteiger partial charge in [0.25, 0.3) is 0 Å². The first-order valence-corrected chi connectivity index (χ1v) is 8.06. The molecule has 0 aromatic heterocycles. The summed E-state index contributed by atoms with van der Waals surface area (Å²) in [5.74, 6) is 0.437. The topological polar surface area (TPSA) is 44.7 Å². The number of aliphatic hydroxyl groups is 1. The van der Waals surface area contributed by atoms with Gasteiger partial charge >= 0.3 is 0 Å². The molecular formula is C19H25FN2O2. The van der Waals surface area contributed by atoms with Gasteiger partial charge in [-0.1, -0.05) is 6.07 Å². The molecule has 0 amide bonds. The van der Waals surface area contributed by atoms with Crippen LogP contribution in [0.4, 0.5) is 15.8 Å². The van der Waals surface area contributed by atoms with Crippen molar-refractivity contribution in [2.75, 3.05) is 30.9 Å². The molecule has 0 fully saturated rings. The van der Waals surface area contributed by atoms with Crippen LogP contribution < -0.4 is 15.0 Å². The molecule has 0 spiro atoms. The Morgan fingerprint density at radius 1 is 1.21 bits per heavy atom. The van der Waals surface area contributed by atoms with Gasteiger partial charge in [-0.05, 0) is 49.7 Å². The maximum absolute atomic E-state index is 13.5. The summed E-state index contributed by atoms with van der Waals surface area (Å²) in [6.07, 6.45) is 0. The number of nitrogens with zero attached hydrogens (tertiary/aromatic N) is 1. The molecule has 2 aromatic rings. The molecule has 0 heterocycles. The average Bonchev–Trinajstić information content (AvgIpc) is 2.56. The van der Waals surface area contributed by atoms with Gasteiger partial charge in [-0.3, -0.25) is 0 Å². The maximum atomic E-state index is 13.5. The lowest BCUT2D eigenvalue weighted by Crippen LogP contribution is -2.16. The molecule has 0 saturated carbocycles. The molecule has 4 nitrogen and oxygen atoms in total. The first kappa shape index (κ1) is 18.1. The minimum atomic E-state index is -0.252. The van der Waals surface area contributed by atoms with Crippen LogP contribution in [0.1, 0.15) is 31.0 Å². The van der Waals surface area contributed by atoms with Crippen molar-refractivity contribution in [2.45, 2.75) is 26.5 Å². The van der Waals surface area contributed by atoms with Gasteiger partial charge in [-0.25, -0.2) is 4.39 Å². The Bertz CT molecular complexity index is 689. The highest BCUT2D eigenvalue weighted by atomic mass is 19.1. The number of hydrogen-bond acceptors (Lipinski definition) is 4. The number of rotatable bonds is 7. The second kappa shape index (κ2) is 8.02. The summed E-state index contributed by atoms with van der Waals surface area (Å²) in [5.41, 5.74) is 3.45. The highest BCUT2D eigenvalue weighted by Crippen LogP contribution is 2.30. The lowest BCUT2D eigenvalue weighted by Gasteiger charge is -2.23. The van der Waals surface area contributed by atoms with Gasteiger partial charge in [0.1, 0.15) is 11.6 Å². The van der Waals surface area contributed by atoms with Crippen molar-refractivity contribution < 1.29 is 14.2 Å². The van der Waals surface area contributed by atoms with Crippen LogP contribution in [-0.4, -0.2) is 25.8 Å². The molecule has 0 aliphatic rings. The van der Waals surface area contributed by atoms with Gasteiger partial charge in [0.05, 0.1) is 19.3 Å². The normalized spacial score (nSPS) is 11.9. The molecule has 0 bridgehead atoms. The van der Waals surface area contributed by atoms with Crippen LogP contribution in [0.25, 0.3) is 0 Å². The average molecular weight is 332 g/mol. The van der Waals surface area contributed by atoms with Crippen LogP contribution in [-0.2, 0) is 6.61 Å². The van der Waals surface area contributed by atoms with Gasteiger partial charge in [0.15, 0.2) is 0 Å². The van der Waals surface area contributed by atoms with E-state index in [1.165, 1.54) is 12.1 Å². The Kier molecular flexibility index (Phi) is 6.04. The smallest absolute Gasteiger partial charge is 0.125 e. The van der Waals surface area contributed by atoms with E-state index in [-0.39, 0.29) is 18.5 Å². The summed E-state index contributed by atoms with van der Waals surface area (Å²) in [7, 11) is 3.79. The minimum absolute atomic E-state index is 0.0208. The fourth-order valence-corrected chi connectivity index (χ4v) is 2.69. The number of hydrogen-bond donors (Lipinski definition) is 2. The molecule has 0 aliphatic heterocycles. The van der Waals surface area contributed by atoms with Crippen LogP contribution in [0.2, 0.25) is 0 Å². The number of halogens is 1. The Morgan fingerprint density at radius 3 is 2.58 bits per heavy atom. The third-order valence-electron chi connectivity index (χ3n) is 3.85. The van der Waals surface area contributed by atoms with E-state index in [2.05, 4.69) is 5.32 Å². The van der Waals surface area contributed by atoms with Gasteiger partial charge in [0, 0.05) is 31.0 Å². The number of nitrogens with one attached hydrogen (secondary N) is 1. The standard InChI is InChI=1S/C19H25FN2O2/c1-5-24-19-9-7-16(10-14(19)12-23)21-13(2)17-8-6-15(20)11-18(17)22(3)4/h6-11,13,21,23H,5,12H2,1-4H3. The van der Waals surface area contributed by atoms with Crippen LogP contribution in [0.3, 0.4) is 0 Å². The summed E-state index contributed by atoms with van der Waals surface area (Å²) in [5, 5.41) is 12.9. The Balaban J connectivity index is 2.25. The third kappa shape index (κ3) is 4.17. The number of benzene rings is 2. The number of anilines is 2. The van der Waals surface area contributed by atoms with E-state index in [0.717, 1.165) is 22.5 Å². The van der Waals surface area contributed by atoms with E-state index in [1.807, 2.05) is 51.0 Å². The first-order valence-electron chi connectivity index (χ1n) is 8.06. The number of aliphatic hydroxyl groups excluding tert-OH is 1. The first-order chi connectivity index (χ1) is 11.5. The quantitative estimate of drug-likeness (QED) is 0.806. The zero-order valence-corrected chi connectivity index (χ0v) is 14.6. The van der Waals surface area contributed by atoms with E-state index >= 15 is 0 Å². The van der Waals surface area contributed by atoms with Crippen molar-refractivity contribution in [3.05, 3.63) is 53.3 Å². The minimum Gasteiger partial charge on any atom is -0.494 e. The molecule has 2 N–H and O–H groups in total. The van der Waals surface area contributed by atoms with E-state index in [4.69, 9.17) is 4.74 Å². The van der Waals surface area contributed by atoms with Crippen LogP contribution in [0, 0.1) is 5.82 Å². The molecule has 0 saturated heterocycles. The van der Waals surface area contributed by atoms with E-state index in [0.29, 0.717) is 12.4 Å². The highest BCUT2D eigenvalue weighted by Gasteiger charge is 2.14. The van der Waals surface area contributed by atoms with Crippen molar-refractivity contribution in [3.8, 4) is 5.75 Å². The molecule has 0 radical (unpaired) electrons. The molecule has 130 valence electrons. The fraction of sp³-hybridized carbons (Fsp3) is 0.368.